The molecule has 0 N–H and O–H groups in total. The summed E-state index contributed by atoms with van der Waals surface area (Å²) in [5, 5.41) is 0. The number of allylic oxidation sites excluding steroid dienone is 24. The largest absolute Gasteiger partial charge is 0.462 e. The zero-order chi connectivity index (χ0) is 47.2. The second-order valence-electron chi connectivity index (χ2n) is 16.0. The highest BCUT2D eigenvalue weighted by molar-refractivity contribution is 5.71. The van der Waals surface area contributed by atoms with Gasteiger partial charge in [-0.2, -0.15) is 0 Å². The highest BCUT2D eigenvalue weighted by atomic mass is 16.6. The van der Waals surface area contributed by atoms with Gasteiger partial charge in [0.25, 0.3) is 0 Å². The number of esters is 3. The van der Waals surface area contributed by atoms with Crippen LogP contribution in [0.1, 0.15) is 188 Å². The van der Waals surface area contributed by atoms with Crippen LogP contribution in [0.25, 0.3) is 0 Å². The second-order valence-corrected chi connectivity index (χ2v) is 16.0. The van der Waals surface area contributed by atoms with Crippen LogP contribution in [0.2, 0.25) is 0 Å². The van der Waals surface area contributed by atoms with Crippen LogP contribution in [0.5, 0.6) is 0 Å². The van der Waals surface area contributed by atoms with Gasteiger partial charge in [-0.3, -0.25) is 14.4 Å². The van der Waals surface area contributed by atoms with E-state index in [-0.39, 0.29) is 50.4 Å². The number of unbranched alkanes of at least 4 members (excludes halogenated alkanes) is 8. The Morgan fingerprint density at radius 1 is 0.323 bits per heavy atom. The first kappa shape index (κ1) is 60.3. The monoisotopic (exact) mass is 895 g/mol. The van der Waals surface area contributed by atoms with Crippen molar-refractivity contribution in [2.45, 2.75) is 194 Å². The summed E-state index contributed by atoms with van der Waals surface area (Å²) in [6, 6.07) is 0. The van der Waals surface area contributed by atoms with Crippen molar-refractivity contribution in [2.24, 2.45) is 0 Å². The van der Waals surface area contributed by atoms with Crippen molar-refractivity contribution < 1.29 is 28.6 Å². The van der Waals surface area contributed by atoms with E-state index in [4.69, 9.17) is 14.2 Å². The van der Waals surface area contributed by atoms with E-state index in [1.807, 2.05) is 12.2 Å². The van der Waals surface area contributed by atoms with E-state index in [1.165, 1.54) is 12.8 Å². The summed E-state index contributed by atoms with van der Waals surface area (Å²) in [5.74, 6) is -1.10. The molecule has 0 aromatic heterocycles. The first-order valence-corrected chi connectivity index (χ1v) is 25.3. The molecule has 0 spiro atoms. The Kier molecular flexibility index (Phi) is 48.2. The van der Waals surface area contributed by atoms with Crippen molar-refractivity contribution >= 4 is 17.9 Å². The summed E-state index contributed by atoms with van der Waals surface area (Å²) in [6.07, 6.45) is 74.2. The fraction of sp³-hybridized carbons (Fsp3) is 0.542. The average Bonchev–Trinajstić information content (AvgIpc) is 3.30. The minimum atomic E-state index is -0.841. The van der Waals surface area contributed by atoms with Gasteiger partial charge in [-0.25, -0.2) is 0 Å². The molecule has 6 heteroatoms. The van der Waals surface area contributed by atoms with E-state index in [1.54, 1.807) is 0 Å². The molecule has 65 heavy (non-hydrogen) atoms. The Bertz CT molecular complexity index is 1490. The van der Waals surface area contributed by atoms with Gasteiger partial charge in [0.1, 0.15) is 13.2 Å². The van der Waals surface area contributed by atoms with Crippen molar-refractivity contribution in [1.82, 2.24) is 0 Å². The van der Waals surface area contributed by atoms with Gasteiger partial charge in [0.2, 0.25) is 0 Å². The first-order chi connectivity index (χ1) is 32.0. The van der Waals surface area contributed by atoms with E-state index >= 15 is 0 Å². The van der Waals surface area contributed by atoms with Crippen LogP contribution in [-0.4, -0.2) is 37.2 Å². The first-order valence-electron chi connectivity index (χ1n) is 25.3. The predicted molar refractivity (Wildman–Crippen MR) is 279 cm³/mol. The number of hydrogen-bond acceptors (Lipinski definition) is 6. The van der Waals surface area contributed by atoms with Crippen LogP contribution in [0, 0.1) is 0 Å². The molecule has 0 heterocycles. The second kappa shape index (κ2) is 51.9. The van der Waals surface area contributed by atoms with Crippen LogP contribution >= 0.6 is 0 Å². The number of carbonyl (C=O) groups excluding carboxylic acids is 3. The molecule has 0 unspecified atom stereocenters. The molecule has 0 amide bonds. The molecule has 6 nitrogen and oxygen atoms in total. The van der Waals surface area contributed by atoms with Crippen LogP contribution in [0.15, 0.2) is 146 Å². The lowest BCUT2D eigenvalue weighted by Crippen LogP contribution is -2.30. The van der Waals surface area contributed by atoms with E-state index in [2.05, 4.69) is 154 Å². The molecule has 0 aliphatic carbocycles. The van der Waals surface area contributed by atoms with Gasteiger partial charge in [0.05, 0.1) is 0 Å². The molecule has 0 aliphatic heterocycles. The van der Waals surface area contributed by atoms with Crippen LogP contribution < -0.4 is 0 Å². The fourth-order valence-corrected chi connectivity index (χ4v) is 6.07. The molecular formula is C59H90O6. The molecule has 0 fully saturated rings. The van der Waals surface area contributed by atoms with Crippen molar-refractivity contribution in [3.63, 3.8) is 0 Å². The van der Waals surface area contributed by atoms with Crippen molar-refractivity contribution in [3.05, 3.63) is 146 Å². The maximum atomic E-state index is 12.8. The summed E-state index contributed by atoms with van der Waals surface area (Å²) < 4.78 is 16.6. The maximum absolute atomic E-state index is 12.8. The van der Waals surface area contributed by atoms with Crippen LogP contribution in [0.3, 0.4) is 0 Å². The summed E-state index contributed by atoms with van der Waals surface area (Å²) in [5.41, 5.74) is 0. The lowest BCUT2D eigenvalue weighted by molar-refractivity contribution is -0.166. The van der Waals surface area contributed by atoms with Crippen molar-refractivity contribution in [3.8, 4) is 0 Å². The van der Waals surface area contributed by atoms with Gasteiger partial charge < -0.3 is 14.2 Å². The summed E-state index contributed by atoms with van der Waals surface area (Å²) in [4.78, 5) is 37.9. The summed E-state index contributed by atoms with van der Waals surface area (Å²) in [6.45, 7) is 6.22. The smallest absolute Gasteiger partial charge is 0.306 e. The molecule has 1 atom stereocenters. The van der Waals surface area contributed by atoms with E-state index in [0.717, 1.165) is 122 Å². The third-order valence-electron chi connectivity index (χ3n) is 9.82. The molecule has 0 aliphatic rings. The third-order valence-corrected chi connectivity index (χ3v) is 9.82. The number of ether oxygens (including phenoxy) is 3. The molecule has 0 bridgehead atoms. The molecule has 0 radical (unpaired) electrons. The quantitative estimate of drug-likeness (QED) is 0.0263. The van der Waals surface area contributed by atoms with Gasteiger partial charge in [0.15, 0.2) is 6.10 Å². The Labute approximate surface area is 397 Å². The highest BCUT2D eigenvalue weighted by Gasteiger charge is 2.19. The third kappa shape index (κ3) is 50.2. The van der Waals surface area contributed by atoms with Gasteiger partial charge in [-0.15, -0.1) is 0 Å². The topological polar surface area (TPSA) is 78.9 Å². The van der Waals surface area contributed by atoms with Gasteiger partial charge in [-0.1, -0.05) is 199 Å². The summed E-state index contributed by atoms with van der Waals surface area (Å²) in [7, 11) is 0. The Morgan fingerprint density at radius 3 is 1.09 bits per heavy atom. The van der Waals surface area contributed by atoms with Crippen LogP contribution in [0.4, 0.5) is 0 Å². The minimum absolute atomic E-state index is 0.140. The lowest BCUT2D eigenvalue weighted by Gasteiger charge is -2.18. The maximum Gasteiger partial charge on any atom is 0.306 e. The van der Waals surface area contributed by atoms with E-state index in [9.17, 15) is 14.4 Å². The van der Waals surface area contributed by atoms with Gasteiger partial charge in [-0.05, 0) is 116 Å². The molecule has 0 aromatic rings. The molecule has 0 saturated carbocycles. The van der Waals surface area contributed by atoms with E-state index < -0.39 is 6.10 Å². The lowest BCUT2D eigenvalue weighted by atomic mass is 10.1. The molecule has 362 valence electrons. The van der Waals surface area contributed by atoms with Gasteiger partial charge in [0, 0.05) is 19.3 Å². The van der Waals surface area contributed by atoms with Crippen LogP contribution in [-0.2, 0) is 28.6 Å². The number of rotatable bonds is 43. The van der Waals surface area contributed by atoms with Crippen molar-refractivity contribution in [2.75, 3.05) is 13.2 Å². The Morgan fingerprint density at radius 2 is 0.646 bits per heavy atom. The molecule has 0 aromatic carbocycles. The average molecular weight is 895 g/mol. The Balaban J connectivity index is 4.60. The number of carbonyl (C=O) groups is 3. The normalized spacial score (nSPS) is 13.3. The fourth-order valence-electron chi connectivity index (χ4n) is 6.07. The molecular weight excluding hydrogens is 805 g/mol. The predicted octanol–water partition coefficient (Wildman–Crippen LogP) is 16.9. The van der Waals surface area contributed by atoms with E-state index in [0.29, 0.717) is 12.8 Å². The molecule has 0 rings (SSSR count). The van der Waals surface area contributed by atoms with Crippen molar-refractivity contribution in [1.29, 1.82) is 0 Å². The SMILES string of the molecule is CC/C=C\C/C=C\C/C=C\C/C=C\C/C=C\C/C=C\CCC(=O)OC[C@H](COC(=O)CCC/C=C\C/C=C\C/C=C\C/C=C\C/C=C\CC)OC(=O)CCCCCCC/C=C\CCCC. The zero-order valence-electron chi connectivity index (χ0n) is 41.2. The number of hydrogen-bond donors (Lipinski definition) is 0. The minimum Gasteiger partial charge on any atom is -0.462 e. The zero-order valence-corrected chi connectivity index (χ0v) is 41.2. The Hall–Kier alpha value is -4.71. The standard InChI is InChI=1S/C59H90O6/c1-4-7-10-13-16-19-22-24-26-28-29-31-33-35-38-40-43-46-49-52-58(61)64-55-56(65-59(62)53-50-47-44-41-36-21-18-15-12-9-6-3)54-63-57(60)51-48-45-42-39-37-34-32-30-27-25-23-20-17-14-11-8-5-2/h7-8,10-11,15-20,24-27,29,31-32,34-35,38-39,42-43,46,56H,4-6,9,12-14,21-23,28,30,33,36-37,40-41,44-45,47-55H2,1-3H3/b10-7-,11-8-,18-15-,19-16-,20-17-,26-24-,27-25-,31-29-,34-32-,38-35-,42-39-,46-43-/t56-/m0/s1. The van der Waals surface area contributed by atoms with Gasteiger partial charge >= 0.3 is 17.9 Å². The summed E-state index contributed by atoms with van der Waals surface area (Å²) >= 11 is 0. The highest BCUT2D eigenvalue weighted by Crippen LogP contribution is 2.11. The molecule has 0 saturated heterocycles.